The number of ether oxygens (including phenoxy) is 1. The number of hydrogen-bond donors (Lipinski definition) is 0. The molecule has 1 heterocycles. The van der Waals surface area contributed by atoms with E-state index in [-0.39, 0.29) is 5.78 Å². The number of rotatable bonds is 6. The normalized spacial score (nSPS) is 10.9. The van der Waals surface area contributed by atoms with E-state index in [1.54, 1.807) is 20.1 Å². The third-order valence-corrected chi connectivity index (χ3v) is 3.35. The van der Waals surface area contributed by atoms with Crippen LogP contribution in [0.1, 0.15) is 34.4 Å². The molecule has 1 aromatic heterocycles. The maximum Gasteiger partial charge on any atom is 0.159 e. The van der Waals surface area contributed by atoms with Crippen molar-refractivity contribution in [3.63, 3.8) is 0 Å². The largest absolute Gasteiger partial charge is 0.496 e. The maximum atomic E-state index is 11.5. The number of ketones is 1. The van der Waals surface area contributed by atoms with Crippen molar-refractivity contribution in [2.24, 2.45) is 0 Å². The van der Waals surface area contributed by atoms with Crippen molar-refractivity contribution in [2.45, 2.75) is 26.9 Å². The summed E-state index contributed by atoms with van der Waals surface area (Å²) >= 11 is 0. The minimum absolute atomic E-state index is 0.0585. The van der Waals surface area contributed by atoms with E-state index >= 15 is 0 Å². The summed E-state index contributed by atoms with van der Waals surface area (Å²) in [5, 5.41) is 0. The van der Waals surface area contributed by atoms with Gasteiger partial charge in [-0.3, -0.25) is 9.69 Å². The molecule has 0 aliphatic rings. The van der Waals surface area contributed by atoms with Crippen molar-refractivity contribution in [2.75, 3.05) is 14.2 Å². The fourth-order valence-corrected chi connectivity index (χ4v) is 2.30. The minimum Gasteiger partial charge on any atom is -0.496 e. The molecule has 0 aliphatic heterocycles. The van der Waals surface area contributed by atoms with Gasteiger partial charge in [0.2, 0.25) is 0 Å². The predicted molar refractivity (Wildman–Crippen MR) is 81.6 cm³/mol. The molecule has 2 rings (SSSR count). The van der Waals surface area contributed by atoms with Crippen molar-refractivity contribution in [1.82, 2.24) is 4.90 Å². The van der Waals surface area contributed by atoms with E-state index < -0.39 is 0 Å². The fraction of sp³-hybridized carbons (Fsp3) is 0.353. The zero-order valence-corrected chi connectivity index (χ0v) is 13.0. The lowest BCUT2D eigenvalue weighted by atomic mass is 10.1. The van der Waals surface area contributed by atoms with Gasteiger partial charge in [0.05, 0.1) is 13.7 Å². The Labute approximate surface area is 125 Å². The SMILES string of the molecule is COc1ccc(C(C)=O)cc1CN(C)Cc1ccc(C)o1. The molecule has 0 bridgehead atoms. The molecule has 0 amide bonds. The summed E-state index contributed by atoms with van der Waals surface area (Å²) in [5.74, 6) is 2.69. The summed E-state index contributed by atoms with van der Waals surface area (Å²) in [6, 6.07) is 9.47. The van der Waals surface area contributed by atoms with Crippen LogP contribution in [0.2, 0.25) is 0 Å². The average molecular weight is 287 g/mol. The highest BCUT2D eigenvalue weighted by molar-refractivity contribution is 5.94. The van der Waals surface area contributed by atoms with E-state index in [4.69, 9.17) is 9.15 Å². The molecule has 0 radical (unpaired) electrons. The van der Waals surface area contributed by atoms with E-state index in [1.807, 2.05) is 38.2 Å². The molecule has 4 heteroatoms. The number of carbonyl (C=O) groups is 1. The highest BCUT2D eigenvalue weighted by Gasteiger charge is 2.11. The second kappa shape index (κ2) is 6.59. The van der Waals surface area contributed by atoms with Crippen molar-refractivity contribution < 1.29 is 13.9 Å². The Hall–Kier alpha value is -2.07. The van der Waals surface area contributed by atoms with Gasteiger partial charge in [0.15, 0.2) is 5.78 Å². The van der Waals surface area contributed by atoms with Gasteiger partial charge in [0.25, 0.3) is 0 Å². The number of aryl methyl sites for hydroxylation is 1. The van der Waals surface area contributed by atoms with Gasteiger partial charge in [-0.05, 0) is 51.2 Å². The highest BCUT2D eigenvalue weighted by Crippen LogP contribution is 2.22. The summed E-state index contributed by atoms with van der Waals surface area (Å²) in [6.07, 6.45) is 0. The van der Waals surface area contributed by atoms with Gasteiger partial charge in [-0.1, -0.05) is 0 Å². The number of hydrogen-bond acceptors (Lipinski definition) is 4. The monoisotopic (exact) mass is 287 g/mol. The van der Waals surface area contributed by atoms with Crippen molar-refractivity contribution in [1.29, 1.82) is 0 Å². The van der Waals surface area contributed by atoms with Crippen molar-refractivity contribution in [3.8, 4) is 5.75 Å². The number of carbonyl (C=O) groups excluding carboxylic acids is 1. The van der Waals surface area contributed by atoms with Gasteiger partial charge in [-0.25, -0.2) is 0 Å². The Morgan fingerprint density at radius 1 is 1.24 bits per heavy atom. The van der Waals surface area contributed by atoms with Crippen molar-refractivity contribution in [3.05, 3.63) is 53.0 Å². The van der Waals surface area contributed by atoms with Gasteiger partial charge < -0.3 is 9.15 Å². The molecular weight excluding hydrogens is 266 g/mol. The van der Waals surface area contributed by atoms with Gasteiger partial charge in [-0.2, -0.15) is 0 Å². The Bertz CT molecular complexity index is 631. The van der Waals surface area contributed by atoms with Crippen molar-refractivity contribution >= 4 is 5.78 Å². The third kappa shape index (κ3) is 3.95. The van der Waals surface area contributed by atoms with Crippen LogP contribution in [0.4, 0.5) is 0 Å². The van der Waals surface area contributed by atoms with Gasteiger partial charge in [0.1, 0.15) is 17.3 Å². The Morgan fingerprint density at radius 3 is 2.57 bits per heavy atom. The summed E-state index contributed by atoms with van der Waals surface area (Å²) in [7, 11) is 3.65. The van der Waals surface area contributed by atoms with Crippen LogP contribution >= 0.6 is 0 Å². The zero-order chi connectivity index (χ0) is 15.4. The zero-order valence-electron chi connectivity index (χ0n) is 13.0. The number of Topliss-reactive ketones (excluding diaryl/α,β-unsaturated/α-hetero) is 1. The van der Waals surface area contributed by atoms with Crippen LogP contribution in [0.5, 0.6) is 5.75 Å². The van der Waals surface area contributed by atoms with E-state index in [1.165, 1.54) is 0 Å². The molecule has 1 aromatic carbocycles. The Morgan fingerprint density at radius 2 is 2.00 bits per heavy atom. The van der Waals surface area contributed by atoms with Gasteiger partial charge in [-0.15, -0.1) is 0 Å². The smallest absolute Gasteiger partial charge is 0.159 e. The van der Waals surface area contributed by atoms with E-state index in [9.17, 15) is 4.79 Å². The summed E-state index contributed by atoms with van der Waals surface area (Å²) in [6.45, 7) is 4.90. The lowest BCUT2D eigenvalue weighted by Gasteiger charge is -2.18. The first kappa shape index (κ1) is 15.3. The van der Waals surface area contributed by atoms with Crippen LogP contribution < -0.4 is 4.74 Å². The highest BCUT2D eigenvalue weighted by atomic mass is 16.5. The number of nitrogens with zero attached hydrogens (tertiary/aromatic N) is 1. The molecule has 4 nitrogen and oxygen atoms in total. The molecule has 21 heavy (non-hydrogen) atoms. The van der Waals surface area contributed by atoms with Crippen LogP contribution in [0.25, 0.3) is 0 Å². The summed E-state index contributed by atoms with van der Waals surface area (Å²) in [5.41, 5.74) is 1.70. The molecule has 0 atom stereocenters. The molecule has 0 saturated carbocycles. The molecule has 0 unspecified atom stereocenters. The molecule has 2 aromatic rings. The Balaban J connectivity index is 2.13. The van der Waals surface area contributed by atoms with Crippen LogP contribution in [-0.2, 0) is 13.1 Å². The molecule has 112 valence electrons. The first-order valence-corrected chi connectivity index (χ1v) is 6.91. The molecule has 0 fully saturated rings. The minimum atomic E-state index is 0.0585. The van der Waals surface area contributed by atoms with Crippen LogP contribution in [0.3, 0.4) is 0 Å². The molecule has 0 saturated heterocycles. The molecule has 0 spiro atoms. The second-order valence-electron chi connectivity index (χ2n) is 5.27. The second-order valence-corrected chi connectivity index (χ2v) is 5.27. The lowest BCUT2D eigenvalue weighted by Crippen LogP contribution is -2.17. The van der Waals surface area contributed by atoms with E-state index in [0.717, 1.165) is 22.8 Å². The number of benzene rings is 1. The standard InChI is InChI=1S/C17H21NO3/c1-12-5-7-16(21-12)11-18(3)10-15-9-14(13(2)19)6-8-17(15)20-4/h5-9H,10-11H2,1-4H3. The van der Waals surface area contributed by atoms with Crippen LogP contribution in [0.15, 0.2) is 34.7 Å². The average Bonchev–Trinajstić information content (AvgIpc) is 2.83. The number of methoxy groups -OCH3 is 1. The first-order valence-electron chi connectivity index (χ1n) is 6.91. The summed E-state index contributed by atoms with van der Waals surface area (Å²) < 4.78 is 11.0. The van der Waals surface area contributed by atoms with E-state index in [2.05, 4.69) is 4.90 Å². The van der Waals surface area contributed by atoms with Crippen LogP contribution in [-0.4, -0.2) is 24.8 Å². The Kier molecular flexibility index (Phi) is 4.81. The van der Waals surface area contributed by atoms with Gasteiger partial charge in [0, 0.05) is 17.7 Å². The fourth-order valence-electron chi connectivity index (χ4n) is 2.30. The molecular formula is C17H21NO3. The molecule has 0 N–H and O–H groups in total. The molecule has 0 aliphatic carbocycles. The maximum absolute atomic E-state index is 11.5. The third-order valence-electron chi connectivity index (χ3n) is 3.35. The first-order chi connectivity index (χ1) is 9.99. The van der Waals surface area contributed by atoms with E-state index in [0.29, 0.717) is 18.7 Å². The van der Waals surface area contributed by atoms with Crippen LogP contribution in [0, 0.1) is 6.92 Å². The predicted octanol–water partition coefficient (Wildman–Crippen LogP) is 3.43. The topological polar surface area (TPSA) is 42.7 Å². The summed E-state index contributed by atoms with van der Waals surface area (Å²) in [4.78, 5) is 13.6. The lowest BCUT2D eigenvalue weighted by molar-refractivity contribution is 0.101. The van der Waals surface area contributed by atoms with Gasteiger partial charge >= 0.3 is 0 Å². The number of furan rings is 1. The quantitative estimate of drug-likeness (QED) is 0.763.